The van der Waals surface area contributed by atoms with Crippen LogP contribution in [0.2, 0.25) is 0 Å². The quantitative estimate of drug-likeness (QED) is 0.709. The third-order valence-corrected chi connectivity index (χ3v) is 5.03. The minimum absolute atomic E-state index is 0.00313. The Morgan fingerprint density at radius 1 is 1.15 bits per heavy atom. The van der Waals surface area contributed by atoms with Crippen molar-refractivity contribution in [3.63, 3.8) is 0 Å². The van der Waals surface area contributed by atoms with Gasteiger partial charge in [0.25, 0.3) is 0 Å². The summed E-state index contributed by atoms with van der Waals surface area (Å²) in [7, 11) is 0. The first-order valence-corrected chi connectivity index (χ1v) is 9.18. The zero-order valence-corrected chi connectivity index (χ0v) is 15.3. The topological polar surface area (TPSA) is 60.3 Å². The Labute approximate surface area is 157 Å². The molecule has 0 fully saturated rings. The number of para-hydroxylation sites is 2. The van der Waals surface area contributed by atoms with Gasteiger partial charge in [0.15, 0.2) is 5.78 Å². The average molecular weight is 362 g/mol. The van der Waals surface area contributed by atoms with Crippen molar-refractivity contribution in [2.45, 2.75) is 19.9 Å². The van der Waals surface area contributed by atoms with Gasteiger partial charge in [-0.3, -0.25) is 9.59 Å². The van der Waals surface area contributed by atoms with E-state index in [-0.39, 0.29) is 24.2 Å². The lowest BCUT2D eigenvalue weighted by Gasteiger charge is -2.25. The maximum absolute atomic E-state index is 12.5. The van der Waals surface area contributed by atoms with Crippen molar-refractivity contribution in [2.75, 3.05) is 13.2 Å². The summed E-state index contributed by atoms with van der Waals surface area (Å²) in [6.07, 6.45) is 2.67. The molecule has 3 aromatic rings. The summed E-state index contributed by atoms with van der Waals surface area (Å²) in [6.45, 7) is 2.93. The Hall–Kier alpha value is -3.08. The van der Waals surface area contributed by atoms with Crippen LogP contribution in [0.4, 0.5) is 0 Å². The van der Waals surface area contributed by atoms with Crippen LogP contribution in [0.1, 0.15) is 22.8 Å². The summed E-state index contributed by atoms with van der Waals surface area (Å²) in [5, 5.41) is 3.89. The van der Waals surface area contributed by atoms with E-state index in [2.05, 4.69) is 11.4 Å². The van der Waals surface area contributed by atoms with Gasteiger partial charge >= 0.3 is 0 Å². The molecule has 0 aliphatic carbocycles. The number of nitrogens with one attached hydrogen (secondary N) is 1. The van der Waals surface area contributed by atoms with Gasteiger partial charge in [0.05, 0.1) is 6.61 Å². The molecule has 5 heteroatoms. The maximum Gasteiger partial charge on any atom is 0.239 e. The van der Waals surface area contributed by atoms with E-state index < -0.39 is 0 Å². The van der Waals surface area contributed by atoms with Crippen molar-refractivity contribution >= 4 is 22.6 Å². The fraction of sp³-hybridized carbons (Fsp3) is 0.273. The number of carbonyl (C=O) groups is 2. The lowest BCUT2D eigenvalue weighted by Crippen LogP contribution is -2.36. The Kier molecular flexibility index (Phi) is 4.67. The van der Waals surface area contributed by atoms with Crippen LogP contribution >= 0.6 is 0 Å². The van der Waals surface area contributed by atoms with Crippen LogP contribution in [0.15, 0.2) is 54.7 Å². The van der Waals surface area contributed by atoms with Crippen molar-refractivity contribution in [2.24, 2.45) is 5.92 Å². The van der Waals surface area contributed by atoms with Gasteiger partial charge in [-0.1, -0.05) is 36.4 Å². The van der Waals surface area contributed by atoms with Crippen molar-refractivity contribution in [3.05, 3.63) is 65.9 Å². The van der Waals surface area contributed by atoms with Gasteiger partial charge in [-0.05, 0) is 31.0 Å². The van der Waals surface area contributed by atoms with E-state index in [0.717, 1.165) is 23.1 Å². The minimum Gasteiger partial charge on any atom is -0.493 e. The molecule has 0 radical (unpaired) electrons. The summed E-state index contributed by atoms with van der Waals surface area (Å²) < 4.78 is 7.62. The predicted molar refractivity (Wildman–Crippen MR) is 104 cm³/mol. The largest absolute Gasteiger partial charge is 0.493 e. The number of benzene rings is 2. The number of carbonyl (C=O) groups excluding carboxylic acids is 2. The summed E-state index contributed by atoms with van der Waals surface area (Å²) >= 11 is 0. The summed E-state index contributed by atoms with van der Waals surface area (Å²) in [5.41, 5.74) is 2.73. The third kappa shape index (κ3) is 3.58. The number of ketones is 1. The van der Waals surface area contributed by atoms with E-state index in [1.54, 1.807) is 13.1 Å². The van der Waals surface area contributed by atoms with Crippen LogP contribution in [0.5, 0.6) is 5.75 Å². The fourth-order valence-corrected chi connectivity index (χ4v) is 3.65. The number of fused-ring (bicyclic) bond motifs is 2. The molecule has 0 saturated heterocycles. The number of hydrogen-bond acceptors (Lipinski definition) is 3. The second kappa shape index (κ2) is 7.27. The second-order valence-electron chi connectivity index (χ2n) is 7.04. The van der Waals surface area contributed by atoms with E-state index in [4.69, 9.17) is 4.74 Å². The van der Waals surface area contributed by atoms with E-state index in [9.17, 15) is 9.59 Å². The molecule has 1 amide bonds. The van der Waals surface area contributed by atoms with E-state index in [1.165, 1.54) is 5.56 Å². The smallest absolute Gasteiger partial charge is 0.239 e. The molecule has 0 saturated carbocycles. The number of aromatic nitrogens is 1. The van der Waals surface area contributed by atoms with Crippen molar-refractivity contribution in [3.8, 4) is 5.75 Å². The van der Waals surface area contributed by atoms with Crippen LogP contribution in [0.3, 0.4) is 0 Å². The third-order valence-electron chi connectivity index (χ3n) is 5.03. The molecule has 1 aliphatic rings. The fourth-order valence-electron chi connectivity index (χ4n) is 3.65. The van der Waals surface area contributed by atoms with Gasteiger partial charge in [0.2, 0.25) is 5.91 Å². The number of amides is 1. The van der Waals surface area contributed by atoms with Crippen LogP contribution in [0, 0.1) is 5.92 Å². The molecule has 2 aromatic carbocycles. The molecule has 1 atom stereocenters. The Morgan fingerprint density at radius 2 is 1.93 bits per heavy atom. The molecule has 5 nitrogen and oxygen atoms in total. The summed E-state index contributed by atoms with van der Waals surface area (Å²) in [6, 6.07) is 15.7. The molecule has 4 rings (SSSR count). The number of Topliss-reactive ketones (excluding diaryl/α,β-unsaturated/α-hetero) is 1. The first kappa shape index (κ1) is 17.3. The van der Waals surface area contributed by atoms with Crippen molar-refractivity contribution < 1.29 is 14.3 Å². The molecular formula is C22H22N2O3. The molecule has 0 unspecified atom stereocenters. The summed E-state index contributed by atoms with van der Waals surface area (Å²) in [5.74, 6) is 1.14. The number of ether oxygens (including phenoxy) is 1. The van der Waals surface area contributed by atoms with Crippen LogP contribution in [0.25, 0.3) is 10.9 Å². The van der Waals surface area contributed by atoms with E-state index in [0.29, 0.717) is 18.7 Å². The zero-order valence-electron chi connectivity index (χ0n) is 15.3. The van der Waals surface area contributed by atoms with Crippen LogP contribution in [-0.2, 0) is 17.8 Å². The first-order chi connectivity index (χ1) is 13.1. The molecule has 1 aromatic heterocycles. The highest BCUT2D eigenvalue weighted by molar-refractivity contribution is 6.07. The van der Waals surface area contributed by atoms with Gasteiger partial charge in [-0.2, -0.15) is 0 Å². The molecule has 2 heterocycles. The Bertz CT molecular complexity index is 1010. The molecule has 1 N–H and O–H groups in total. The van der Waals surface area contributed by atoms with E-state index in [1.807, 2.05) is 47.0 Å². The van der Waals surface area contributed by atoms with Gasteiger partial charge < -0.3 is 14.6 Å². The standard InChI is InChI=1S/C22H22N2O3/c1-15(25)19-12-24(20-8-4-3-7-18(19)20)13-22(26)23-11-16-10-17-6-2-5-9-21(17)27-14-16/h2-9,12,16H,10-11,13-14H2,1H3,(H,23,26)/t16-/m0/s1. The van der Waals surface area contributed by atoms with Gasteiger partial charge in [0, 0.05) is 35.1 Å². The highest BCUT2D eigenvalue weighted by atomic mass is 16.5. The van der Waals surface area contributed by atoms with Gasteiger partial charge in [-0.25, -0.2) is 0 Å². The van der Waals surface area contributed by atoms with E-state index >= 15 is 0 Å². The first-order valence-electron chi connectivity index (χ1n) is 9.18. The van der Waals surface area contributed by atoms with Crippen LogP contribution in [-0.4, -0.2) is 29.4 Å². The zero-order chi connectivity index (χ0) is 18.8. The second-order valence-corrected chi connectivity index (χ2v) is 7.04. The molecule has 27 heavy (non-hydrogen) atoms. The summed E-state index contributed by atoms with van der Waals surface area (Å²) in [4.78, 5) is 24.3. The molecular weight excluding hydrogens is 340 g/mol. The minimum atomic E-state index is -0.0651. The number of nitrogens with zero attached hydrogens (tertiary/aromatic N) is 1. The van der Waals surface area contributed by atoms with Gasteiger partial charge in [-0.15, -0.1) is 0 Å². The molecule has 0 spiro atoms. The monoisotopic (exact) mass is 362 g/mol. The highest BCUT2D eigenvalue weighted by Crippen LogP contribution is 2.26. The van der Waals surface area contributed by atoms with Crippen molar-refractivity contribution in [1.82, 2.24) is 9.88 Å². The maximum atomic E-state index is 12.5. The average Bonchev–Trinajstić information content (AvgIpc) is 3.05. The highest BCUT2D eigenvalue weighted by Gasteiger charge is 2.20. The molecule has 0 bridgehead atoms. The number of hydrogen-bond donors (Lipinski definition) is 1. The molecule has 138 valence electrons. The number of rotatable bonds is 5. The lowest BCUT2D eigenvalue weighted by atomic mass is 9.97. The predicted octanol–water partition coefficient (Wildman–Crippen LogP) is 3.21. The van der Waals surface area contributed by atoms with Gasteiger partial charge in [0.1, 0.15) is 12.3 Å². The molecule has 1 aliphatic heterocycles. The Morgan fingerprint density at radius 3 is 2.78 bits per heavy atom. The normalized spacial score (nSPS) is 15.8. The Balaban J connectivity index is 1.41. The lowest BCUT2D eigenvalue weighted by molar-refractivity contribution is -0.121. The van der Waals surface area contributed by atoms with Crippen molar-refractivity contribution in [1.29, 1.82) is 0 Å². The SMILES string of the molecule is CC(=O)c1cn(CC(=O)NC[C@H]2COc3ccccc3C2)c2ccccc12. The van der Waals surface area contributed by atoms with Crippen LogP contribution < -0.4 is 10.1 Å².